The highest BCUT2D eigenvalue weighted by atomic mass is 16.2. The third-order valence-corrected chi connectivity index (χ3v) is 4.25. The van der Waals surface area contributed by atoms with Crippen molar-refractivity contribution in [3.05, 3.63) is 29.8 Å². The summed E-state index contributed by atoms with van der Waals surface area (Å²) in [6.07, 6.45) is 3.90. The largest absolute Gasteiger partial charge is 0.344 e. The lowest BCUT2D eigenvalue weighted by Crippen LogP contribution is -2.49. The summed E-state index contributed by atoms with van der Waals surface area (Å²) >= 11 is 0. The molecule has 1 aliphatic rings. The third-order valence-electron chi connectivity index (χ3n) is 4.25. The molecular weight excluding hydrogens is 288 g/mol. The van der Waals surface area contributed by atoms with E-state index in [1.807, 2.05) is 23.1 Å². The van der Waals surface area contributed by atoms with Crippen molar-refractivity contribution in [2.75, 3.05) is 11.4 Å². The van der Waals surface area contributed by atoms with Gasteiger partial charge < -0.3 is 10.2 Å². The summed E-state index contributed by atoms with van der Waals surface area (Å²) in [6, 6.07) is 7.60. The van der Waals surface area contributed by atoms with E-state index in [1.165, 1.54) is 5.56 Å². The zero-order valence-corrected chi connectivity index (χ0v) is 14.5. The second-order valence-corrected chi connectivity index (χ2v) is 6.72. The van der Waals surface area contributed by atoms with Gasteiger partial charge in [0.25, 0.3) is 0 Å². The number of carbonyl (C=O) groups is 2. The van der Waals surface area contributed by atoms with Gasteiger partial charge in [0, 0.05) is 18.7 Å². The molecule has 1 aromatic carbocycles. The third kappa shape index (κ3) is 4.57. The lowest BCUT2D eigenvalue weighted by molar-refractivity contribution is -0.128. The summed E-state index contributed by atoms with van der Waals surface area (Å²) in [7, 11) is 0. The molecule has 1 aromatic rings. The standard InChI is InChI=1S/C19H28N2O2/c1-4-5-10-18(22)20-16(13-14(2)3)19(23)21-12-11-15-8-6-7-9-17(15)21/h6-9,14,16H,4-5,10-13H2,1-3H3,(H,20,22)/t16-/m0/s1. The van der Waals surface area contributed by atoms with E-state index in [4.69, 9.17) is 0 Å². The van der Waals surface area contributed by atoms with Gasteiger partial charge in [-0.1, -0.05) is 45.4 Å². The maximum Gasteiger partial charge on any atom is 0.249 e. The van der Waals surface area contributed by atoms with Crippen LogP contribution in [0.5, 0.6) is 0 Å². The van der Waals surface area contributed by atoms with E-state index in [1.54, 1.807) is 0 Å². The average Bonchev–Trinajstić information content (AvgIpc) is 2.95. The molecule has 126 valence electrons. The van der Waals surface area contributed by atoms with Crippen LogP contribution in [0.1, 0.15) is 52.0 Å². The Kier molecular flexibility index (Phi) is 6.20. The van der Waals surface area contributed by atoms with Crippen molar-refractivity contribution in [2.24, 2.45) is 5.92 Å². The van der Waals surface area contributed by atoms with Gasteiger partial charge in [0.05, 0.1) is 0 Å². The first-order valence-electron chi connectivity index (χ1n) is 8.71. The number of hydrogen-bond acceptors (Lipinski definition) is 2. The van der Waals surface area contributed by atoms with Crippen LogP contribution in [-0.4, -0.2) is 24.4 Å². The minimum absolute atomic E-state index is 0.0154. The summed E-state index contributed by atoms with van der Waals surface area (Å²) in [6.45, 7) is 6.93. The Balaban J connectivity index is 2.09. The molecule has 0 fully saturated rings. The Labute approximate surface area is 139 Å². The van der Waals surface area contributed by atoms with Gasteiger partial charge in [-0.15, -0.1) is 0 Å². The lowest BCUT2D eigenvalue weighted by Gasteiger charge is -2.26. The number of para-hydroxylation sites is 1. The molecule has 0 spiro atoms. The van der Waals surface area contributed by atoms with Crippen molar-refractivity contribution in [1.82, 2.24) is 5.32 Å². The van der Waals surface area contributed by atoms with E-state index in [0.717, 1.165) is 24.9 Å². The van der Waals surface area contributed by atoms with Crippen LogP contribution in [0, 0.1) is 5.92 Å². The molecule has 2 amide bonds. The number of benzene rings is 1. The molecule has 23 heavy (non-hydrogen) atoms. The minimum Gasteiger partial charge on any atom is -0.344 e. The van der Waals surface area contributed by atoms with E-state index in [0.29, 0.717) is 25.3 Å². The van der Waals surface area contributed by atoms with Gasteiger partial charge in [-0.05, 0) is 36.8 Å². The fourth-order valence-corrected chi connectivity index (χ4v) is 3.05. The van der Waals surface area contributed by atoms with Crippen molar-refractivity contribution in [3.8, 4) is 0 Å². The Bertz CT molecular complexity index is 554. The monoisotopic (exact) mass is 316 g/mol. The average molecular weight is 316 g/mol. The molecule has 1 heterocycles. The molecule has 0 bridgehead atoms. The minimum atomic E-state index is -0.425. The molecular formula is C19H28N2O2. The molecule has 0 unspecified atom stereocenters. The van der Waals surface area contributed by atoms with Gasteiger partial charge in [0.2, 0.25) is 11.8 Å². The van der Waals surface area contributed by atoms with Crippen LogP contribution in [0.25, 0.3) is 0 Å². The quantitative estimate of drug-likeness (QED) is 0.839. The summed E-state index contributed by atoms with van der Waals surface area (Å²) in [5, 5.41) is 2.96. The predicted molar refractivity (Wildman–Crippen MR) is 93.4 cm³/mol. The van der Waals surface area contributed by atoms with Crippen LogP contribution in [0.4, 0.5) is 5.69 Å². The molecule has 0 radical (unpaired) electrons. The Morgan fingerprint density at radius 3 is 2.70 bits per heavy atom. The molecule has 1 atom stereocenters. The van der Waals surface area contributed by atoms with E-state index in [2.05, 4.69) is 32.2 Å². The number of rotatable bonds is 7. The molecule has 0 saturated carbocycles. The molecule has 1 aliphatic heterocycles. The van der Waals surface area contributed by atoms with Crippen molar-refractivity contribution < 1.29 is 9.59 Å². The van der Waals surface area contributed by atoms with Crippen LogP contribution in [0.2, 0.25) is 0 Å². The zero-order chi connectivity index (χ0) is 16.8. The normalized spacial score (nSPS) is 14.7. The number of anilines is 1. The Morgan fingerprint density at radius 2 is 2.00 bits per heavy atom. The molecule has 0 saturated heterocycles. The van der Waals surface area contributed by atoms with Crippen LogP contribution in [0.15, 0.2) is 24.3 Å². The van der Waals surface area contributed by atoms with Gasteiger partial charge in [0.15, 0.2) is 0 Å². The highest BCUT2D eigenvalue weighted by Gasteiger charge is 2.31. The van der Waals surface area contributed by atoms with Gasteiger partial charge in [-0.3, -0.25) is 9.59 Å². The molecule has 1 N–H and O–H groups in total. The van der Waals surface area contributed by atoms with Crippen molar-refractivity contribution in [3.63, 3.8) is 0 Å². The molecule has 4 heteroatoms. The fraction of sp³-hybridized carbons (Fsp3) is 0.579. The van der Waals surface area contributed by atoms with Crippen LogP contribution < -0.4 is 10.2 Å². The van der Waals surface area contributed by atoms with Gasteiger partial charge in [0.1, 0.15) is 6.04 Å². The first-order valence-corrected chi connectivity index (χ1v) is 8.71. The molecule has 0 aromatic heterocycles. The number of carbonyl (C=O) groups excluding carboxylic acids is 2. The number of amides is 2. The molecule has 2 rings (SSSR count). The number of hydrogen-bond donors (Lipinski definition) is 1. The van der Waals surface area contributed by atoms with Crippen LogP contribution in [-0.2, 0) is 16.0 Å². The van der Waals surface area contributed by atoms with Gasteiger partial charge >= 0.3 is 0 Å². The summed E-state index contributed by atoms with van der Waals surface area (Å²) in [4.78, 5) is 26.9. The van der Waals surface area contributed by atoms with Crippen LogP contribution in [0.3, 0.4) is 0 Å². The topological polar surface area (TPSA) is 49.4 Å². The number of fused-ring (bicyclic) bond motifs is 1. The first kappa shape index (κ1) is 17.5. The van der Waals surface area contributed by atoms with Crippen LogP contribution >= 0.6 is 0 Å². The van der Waals surface area contributed by atoms with E-state index < -0.39 is 6.04 Å². The maximum atomic E-state index is 13.0. The zero-order valence-electron chi connectivity index (χ0n) is 14.5. The van der Waals surface area contributed by atoms with E-state index in [-0.39, 0.29) is 11.8 Å². The number of nitrogens with one attached hydrogen (secondary N) is 1. The number of nitrogens with zero attached hydrogens (tertiary/aromatic N) is 1. The molecule has 0 aliphatic carbocycles. The Morgan fingerprint density at radius 1 is 1.26 bits per heavy atom. The van der Waals surface area contributed by atoms with Gasteiger partial charge in [-0.2, -0.15) is 0 Å². The van der Waals surface area contributed by atoms with E-state index in [9.17, 15) is 9.59 Å². The van der Waals surface area contributed by atoms with Gasteiger partial charge in [-0.25, -0.2) is 0 Å². The summed E-state index contributed by atoms with van der Waals surface area (Å²) in [5.41, 5.74) is 2.20. The van der Waals surface area contributed by atoms with E-state index >= 15 is 0 Å². The SMILES string of the molecule is CCCCC(=O)N[C@@H](CC(C)C)C(=O)N1CCc2ccccc21. The number of unbranched alkanes of at least 4 members (excludes halogenated alkanes) is 1. The predicted octanol–water partition coefficient (Wildman–Crippen LogP) is 3.30. The fourth-order valence-electron chi connectivity index (χ4n) is 3.05. The molecule has 4 nitrogen and oxygen atoms in total. The second-order valence-electron chi connectivity index (χ2n) is 6.72. The first-order chi connectivity index (χ1) is 11.0. The smallest absolute Gasteiger partial charge is 0.249 e. The second kappa shape index (κ2) is 8.14. The highest BCUT2D eigenvalue weighted by Crippen LogP contribution is 2.28. The maximum absolute atomic E-state index is 13.0. The lowest BCUT2D eigenvalue weighted by atomic mass is 10.0. The Hall–Kier alpha value is -1.84. The summed E-state index contributed by atoms with van der Waals surface area (Å²) in [5.74, 6) is 0.361. The van der Waals surface area contributed by atoms with Crippen molar-refractivity contribution >= 4 is 17.5 Å². The van der Waals surface area contributed by atoms with Crippen molar-refractivity contribution in [1.29, 1.82) is 0 Å². The highest BCUT2D eigenvalue weighted by molar-refractivity contribution is 6.00. The summed E-state index contributed by atoms with van der Waals surface area (Å²) < 4.78 is 0. The van der Waals surface area contributed by atoms with Crippen molar-refractivity contribution in [2.45, 2.75) is 58.9 Å².